The summed E-state index contributed by atoms with van der Waals surface area (Å²) in [4.78, 5) is 0. The predicted molar refractivity (Wildman–Crippen MR) is 37.1 cm³/mol. The summed E-state index contributed by atoms with van der Waals surface area (Å²) >= 11 is 0. The van der Waals surface area contributed by atoms with Crippen LogP contribution in [0.2, 0.25) is 0 Å². The molecule has 3 heteroatoms. The third kappa shape index (κ3) is 1.28. The molecule has 1 fully saturated rings. The Morgan fingerprint density at radius 2 is 2.50 bits per heavy atom. The highest BCUT2D eigenvalue weighted by Crippen LogP contribution is 2.46. The number of rotatable bonds is 0. The summed E-state index contributed by atoms with van der Waals surface area (Å²) in [7, 11) is 5.85. The molecule has 0 bridgehead atoms. The van der Waals surface area contributed by atoms with E-state index in [0.717, 1.165) is 5.25 Å². The molecule has 0 aromatic rings. The molecule has 0 radical (unpaired) electrons. The van der Waals surface area contributed by atoms with E-state index in [2.05, 4.69) is 6.92 Å². The van der Waals surface area contributed by atoms with Crippen molar-refractivity contribution in [1.29, 1.82) is 0 Å². The largest absolute Gasteiger partial charge is 0.0814 e. The fourth-order valence-electron chi connectivity index (χ4n) is 0.246. The second-order valence-corrected chi connectivity index (χ2v) is 5.88. The van der Waals surface area contributed by atoms with E-state index in [9.17, 15) is 0 Å². The van der Waals surface area contributed by atoms with Crippen molar-refractivity contribution in [2.24, 2.45) is 0 Å². The van der Waals surface area contributed by atoms with Gasteiger partial charge in [0, 0.05) is 11.0 Å². The zero-order valence-electron chi connectivity index (χ0n) is 3.51. The van der Waals surface area contributed by atoms with Gasteiger partial charge in [-0.25, -0.2) is 0 Å². The molecule has 1 saturated heterocycles. The summed E-state index contributed by atoms with van der Waals surface area (Å²) < 4.78 is 0. The molecule has 1 aliphatic heterocycles. The van der Waals surface area contributed by atoms with E-state index in [1.165, 1.54) is 5.75 Å². The van der Waals surface area contributed by atoms with E-state index in [0.29, 0.717) is 0 Å². The van der Waals surface area contributed by atoms with E-state index in [4.69, 9.17) is 0 Å². The summed E-state index contributed by atoms with van der Waals surface area (Å²) in [5.74, 6) is 1.33. The SMILES string of the molecule is CC1CSSS1. The molecular weight excluding hydrogens is 132 g/mol. The van der Waals surface area contributed by atoms with Gasteiger partial charge in [-0.15, -0.1) is 0 Å². The van der Waals surface area contributed by atoms with Crippen molar-refractivity contribution in [1.82, 2.24) is 0 Å². The predicted octanol–water partition coefficient (Wildman–Crippen LogP) is 2.42. The maximum atomic E-state index is 2.26. The molecule has 0 aromatic carbocycles. The van der Waals surface area contributed by atoms with Gasteiger partial charge in [-0.1, -0.05) is 28.5 Å². The van der Waals surface area contributed by atoms with Crippen molar-refractivity contribution in [3.05, 3.63) is 0 Å². The molecule has 1 atom stereocenters. The summed E-state index contributed by atoms with van der Waals surface area (Å²) in [6.07, 6.45) is 0. The van der Waals surface area contributed by atoms with E-state index in [1.54, 1.807) is 0 Å². The Balaban J connectivity index is 2.18. The third-order valence-electron chi connectivity index (χ3n) is 0.554. The molecule has 36 valence electrons. The summed E-state index contributed by atoms with van der Waals surface area (Å²) in [6.45, 7) is 2.26. The van der Waals surface area contributed by atoms with Gasteiger partial charge in [0.2, 0.25) is 0 Å². The van der Waals surface area contributed by atoms with Gasteiger partial charge in [0.25, 0.3) is 0 Å². The number of hydrogen-bond donors (Lipinski definition) is 0. The Morgan fingerprint density at radius 1 is 1.67 bits per heavy atom. The van der Waals surface area contributed by atoms with Gasteiger partial charge in [-0.3, -0.25) is 0 Å². The van der Waals surface area contributed by atoms with E-state index >= 15 is 0 Å². The van der Waals surface area contributed by atoms with Gasteiger partial charge < -0.3 is 0 Å². The van der Waals surface area contributed by atoms with Crippen LogP contribution >= 0.6 is 31.4 Å². The Labute approximate surface area is 49.6 Å². The fourth-order valence-corrected chi connectivity index (χ4v) is 5.42. The van der Waals surface area contributed by atoms with Gasteiger partial charge in [0.1, 0.15) is 0 Å². The van der Waals surface area contributed by atoms with Gasteiger partial charge in [-0.05, 0) is 9.83 Å². The molecular formula is C3H6S3. The molecule has 1 heterocycles. The van der Waals surface area contributed by atoms with E-state index < -0.39 is 0 Å². The first-order valence-electron chi connectivity index (χ1n) is 1.84. The summed E-state index contributed by atoms with van der Waals surface area (Å²) in [6, 6.07) is 0. The lowest BCUT2D eigenvalue weighted by atomic mass is 10.6. The standard InChI is InChI=1S/C3H6S3/c1-3-2-4-6-5-3/h3H,2H2,1H3. The van der Waals surface area contributed by atoms with Crippen LogP contribution in [0.4, 0.5) is 0 Å². The highest BCUT2D eigenvalue weighted by molar-refractivity contribution is 9.10. The zero-order chi connectivity index (χ0) is 4.41. The zero-order valence-corrected chi connectivity index (χ0v) is 5.96. The van der Waals surface area contributed by atoms with Gasteiger partial charge in [0.15, 0.2) is 0 Å². The van der Waals surface area contributed by atoms with Gasteiger partial charge >= 0.3 is 0 Å². The maximum absolute atomic E-state index is 2.26. The molecule has 1 aliphatic rings. The average molecular weight is 138 g/mol. The Hall–Kier alpha value is 1.05. The van der Waals surface area contributed by atoms with Crippen molar-refractivity contribution in [2.75, 3.05) is 5.75 Å². The molecule has 0 aliphatic carbocycles. The first kappa shape index (κ1) is 5.19. The lowest BCUT2D eigenvalue weighted by molar-refractivity contribution is 1.15. The minimum Gasteiger partial charge on any atom is -0.0814 e. The highest BCUT2D eigenvalue weighted by Gasteiger charge is 2.09. The monoisotopic (exact) mass is 138 g/mol. The van der Waals surface area contributed by atoms with Crippen LogP contribution in [0.15, 0.2) is 0 Å². The quantitative estimate of drug-likeness (QED) is 0.472. The van der Waals surface area contributed by atoms with Crippen molar-refractivity contribution >= 4 is 31.4 Å². The molecule has 1 unspecified atom stereocenters. The lowest BCUT2D eigenvalue weighted by Crippen LogP contribution is -1.88. The van der Waals surface area contributed by atoms with Crippen LogP contribution in [0.3, 0.4) is 0 Å². The van der Waals surface area contributed by atoms with Crippen LogP contribution in [-0.4, -0.2) is 11.0 Å². The van der Waals surface area contributed by atoms with E-state index in [1.807, 2.05) is 31.4 Å². The van der Waals surface area contributed by atoms with Crippen molar-refractivity contribution in [2.45, 2.75) is 12.2 Å². The van der Waals surface area contributed by atoms with Crippen molar-refractivity contribution < 1.29 is 0 Å². The topological polar surface area (TPSA) is 0 Å². The third-order valence-corrected chi connectivity index (χ3v) is 5.56. The average Bonchev–Trinajstić information content (AvgIpc) is 1.86. The van der Waals surface area contributed by atoms with Crippen molar-refractivity contribution in [3.8, 4) is 0 Å². The Morgan fingerprint density at radius 3 is 2.67 bits per heavy atom. The highest BCUT2D eigenvalue weighted by atomic mass is 33.5. The van der Waals surface area contributed by atoms with Crippen LogP contribution in [-0.2, 0) is 0 Å². The minimum atomic E-state index is 0.889. The summed E-state index contributed by atoms with van der Waals surface area (Å²) in [5.41, 5.74) is 0. The van der Waals surface area contributed by atoms with Gasteiger partial charge in [0.05, 0.1) is 0 Å². The lowest BCUT2D eigenvalue weighted by Gasteiger charge is -1.87. The smallest absolute Gasteiger partial charge is 0.0230 e. The molecule has 0 amide bonds. The maximum Gasteiger partial charge on any atom is 0.0230 e. The fraction of sp³-hybridized carbons (Fsp3) is 1.00. The first-order chi connectivity index (χ1) is 2.89. The summed E-state index contributed by atoms with van der Waals surface area (Å²) in [5, 5.41) is 0.889. The minimum absolute atomic E-state index is 0.889. The second-order valence-electron chi connectivity index (χ2n) is 1.26. The second kappa shape index (κ2) is 2.38. The van der Waals surface area contributed by atoms with Crippen LogP contribution in [0.1, 0.15) is 6.92 Å². The van der Waals surface area contributed by atoms with Crippen LogP contribution in [0, 0.1) is 0 Å². The molecule has 0 spiro atoms. The van der Waals surface area contributed by atoms with Crippen LogP contribution < -0.4 is 0 Å². The van der Waals surface area contributed by atoms with Gasteiger partial charge in [-0.2, -0.15) is 0 Å². The first-order valence-corrected chi connectivity index (χ1v) is 5.56. The molecule has 0 nitrogen and oxygen atoms in total. The molecule has 0 saturated carbocycles. The Kier molecular flexibility index (Phi) is 2.06. The molecule has 6 heavy (non-hydrogen) atoms. The molecule has 0 N–H and O–H groups in total. The van der Waals surface area contributed by atoms with Crippen molar-refractivity contribution in [3.63, 3.8) is 0 Å². The molecule has 1 rings (SSSR count). The van der Waals surface area contributed by atoms with Crippen LogP contribution in [0.5, 0.6) is 0 Å². The number of hydrogen-bond acceptors (Lipinski definition) is 3. The normalized spacial score (nSPS) is 34.5. The molecule has 0 aromatic heterocycles. The van der Waals surface area contributed by atoms with E-state index in [-0.39, 0.29) is 0 Å². The van der Waals surface area contributed by atoms with Crippen LogP contribution in [0.25, 0.3) is 0 Å². The Bertz CT molecular complexity index is 39.3.